The Labute approximate surface area is 122 Å². The second-order valence-corrected chi connectivity index (χ2v) is 5.61. The van der Waals surface area contributed by atoms with Gasteiger partial charge in [0.1, 0.15) is 11.6 Å². The first-order chi connectivity index (χ1) is 9.10. The standard InChI is InChI=1S/C15H22BrF2N/c1-3-6-11(19-4-2)7-5-8-12-14(17)10-9-13(16)15(12)18/h9-11,19H,3-8H2,1-2H3. The highest BCUT2D eigenvalue weighted by Gasteiger charge is 2.13. The van der Waals surface area contributed by atoms with Gasteiger partial charge >= 0.3 is 0 Å². The van der Waals surface area contributed by atoms with E-state index < -0.39 is 11.6 Å². The number of hydrogen-bond acceptors (Lipinski definition) is 1. The van der Waals surface area contributed by atoms with E-state index in [4.69, 9.17) is 0 Å². The highest BCUT2D eigenvalue weighted by Crippen LogP contribution is 2.23. The fraction of sp³-hybridized carbons (Fsp3) is 0.600. The summed E-state index contributed by atoms with van der Waals surface area (Å²) < 4.78 is 27.7. The number of hydrogen-bond donors (Lipinski definition) is 1. The van der Waals surface area contributed by atoms with E-state index in [9.17, 15) is 8.78 Å². The summed E-state index contributed by atoms with van der Waals surface area (Å²) in [4.78, 5) is 0. The van der Waals surface area contributed by atoms with Crippen LogP contribution in [0.1, 0.15) is 45.1 Å². The second-order valence-electron chi connectivity index (χ2n) is 4.76. The predicted molar refractivity (Wildman–Crippen MR) is 79.4 cm³/mol. The topological polar surface area (TPSA) is 12.0 Å². The summed E-state index contributed by atoms with van der Waals surface area (Å²) >= 11 is 3.10. The summed E-state index contributed by atoms with van der Waals surface area (Å²) in [6, 6.07) is 3.18. The molecule has 0 bridgehead atoms. The Morgan fingerprint density at radius 1 is 1.21 bits per heavy atom. The van der Waals surface area contributed by atoms with Gasteiger partial charge in [0, 0.05) is 11.6 Å². The molecule has 1 aromatic rings. The Bertz CT molecular complexity index is 390. The van der Waals surface area contributed by atoms with Gasteiger partial charge in [-0.25, -0.2) is 8.78 Å². The minimum atomic E-state index is -0.463. The van der Waals surface area contributed by atoms with Crippen LogP contribution in [0.25, 0.3) is 0 Å². The second kappa shape index (κ2) is 8.64. The van der Waals surface area contributed by atoms with E-state index in [1.165, 1.54) is 12.1 Å². The quantitative estimate of drug-likeness (QED) is 0.672. The Balaban J connectivity index is 2.54. The molecule has 108 valence electrons. The van der Waals surface area contributed by atoms with Crippen LogP contribution >= 0.6 is 15.9 Å². The van der Waals surface area contributed by atoms with Crippen LogP contribution in [0.15, 0.2) is 16.6 Å². The van der Waals surface area contributed by atoms with Gasteiger partial charge in [-0.2, -0.15) is 0 Å². The van der Waals surface area contributed by atoms with E-state index in [0.29, 0.717) is 16.9 Å². The molecule has 1 N–H and O–H groups in total. The number of benzene rings is 1. The molecule has 1 atom stereocenters. The lowest BCUT2D eigenvalue weighted by molar-refractivity contribution is 0.442. The highest BCUT2D eigenvalue weighted by molar-refractivity contribution is 9.10. The molecule has 0 spiro atoms. The molecule has 0 amide bonds. The van der Waals surface area contributed by atoms with Crippen LogP contribution in [0.3, 0.4) is 0 Å². The van der Waals surface area contributed by atoms with Crippen molar-refractivity contribution in [2.24, 2.45) is 0 Å². The first-order valence-electron chi connectivity index (χ1n) is 6.95. The van der Waals surface area contributed by atoms with Crippen LogP contribution in [0.4, 0.5) is 8.78 Å². The van der Waals surface area contributed by atoms with E-state index in [-0.39, 0.29) is 5.56 Å². The molecule has 0 aliphatic heterocycles. The summed E-state index contributed by atoms with van der Waals surface area (Å²) in [6.07, 6.45) is 4.42. The lowest BCUT2D eigenvalue weighted by Crippen LogP contribution is -2.28. The first kappa shape index (κ1) is 16.6. The lowest BCUT2D eigenvalue weighted by atomic mass is 10.0. The summed E-state index contributed by atoms with van der Waals surface area (Å²) in [7, 11) is 0. The van der Waals surface area contributed by atoms with Crippen LogP contribution in [0.2, 0.25) is 0 Å². The van der Waals surface area contributed by atoms with Crippen LogP contribution in [0, 0.1) is 11.6 Å². The molecule has 0 radical (unpaired) electrons. The van der Waals surface area contributed by atoms with Crippen molar-refractivity contribution >= 4 is 15.9 Å². The molecular weight excluding hydrogens is 312 g/mol. The molecule has 1 rings (SSSR count). The zero-order chi connectivity index (χ0) is 14.3. The van der Waals surface area contributed by atoms with Gasteiger partial charge in [0.15, 0.2) is 0 Å². The van der Waals surface area contributed by atoms with Crippen LogP contribution in [-0.2, 0) is 6.42 Å². The first-order valence-corrected chi connectivity index (χ1v) is 7.75. The minimum Gasteiger partial charge on any atom is -0.314 e. The summed E-state index contributed by atoms with van der Waals surface area (Å²) in [6.45, 7) is 5.17. The van der Waals surface area contributed by atoms with Crippen molar-refractivity contribution in [3.05, 3.63) is 33.8 Å². The van der Waals surface area contributed by atoms with Gasteiger partial charge < -0.3 is 5.32 Å². The van der Waals surface area contributed by atoms with Crippen molar-refractivity contribution in [2.75, 3.05) is 6.54 Å². The van der Waals surface area contributed by atoms with Crippen molar-refractivity contribution in [3.63, 3.8) is 0 Å². The average molecular weight is 334 g/mol. The monoisotopic (exact) mass is 333 g/mol. The van der Waals surface area contributed by atoms with Crippen molar-refractivity contribution < 1.29 is 8.78 Å². The molecule has 0 aliphatic carbocycles. The molecule has 1 aromatic carbocycles. The molecule has 0 saturated heterocycles. The minimum absolute atomic E-state index is 0.195. The lowest BCUT2D eigenvalue weighted by Gasteiger charge is -2.17. The normalized spacial score (nSPS) is 12.7. The Morgan fingerprint density at radius 2 is 1.95 bits per heavy atom. The maximum Gasteiger partial charge on any atom is 0.143 e. The molecule has 0 saturated carbocycles. The largest absolute Gasteiger partial charge is 0.314 e. The third-order valence-corrected chi connectivity index (χ3v) is 3.86. The maximum absolute atomic E-state index is 13.8. The number of halogens is 3. The van der Waals surface area contributed by atoms with E-state index in [1.807, 2.05) is 0 Å². The Morgan fingerprint density at radius 3 is 2.58 bits per heavy atom. The van der Waals surface area contributed by atoms with E-state index >= 15 is 0 Å². The molecular formula is C15H22BrF2N. The molecule has 0 aliphatic rings. The number of rotatable bonds is 8. The molecule has 0 aromatic heterocycles. The SMILES string of the molecule is CCCC(CCCc1c(F)ccc(Br)c1F)NCC. The zero-order valence-corrected chi connectivity index (χ0v) is 13.2. The van der Waals surface area contributed by atoms with E-state index in [1.54, 1.807) is 0 Å². The fourth-order valence-electron chi connectivity index (χ4n) is 2.31. The van der Waals surface area contributed by atoms with E-state index in [0.717, 1.165) is 32.2 Å². The van der Waals surface area contributed by atoms with Gasteiger partial charge in [-0.1, -0.05) is 20.3 Å². The molecule has 4 heteroatoms. The number of nitrogens with one attached hydrogen (secondary N) is 1. The Kier molecular flexibility index (Phi) is 7.54. The highest BCUT2D eigenvalue weighted by atomic mass is 79.9. The summed E-state index contributed by atoms with van der Waals surface area (Å²) in [5, 5.41) is 3.41. The fourth-order valence-corrected chi connectivity index (χ4v) is 2.68. The third kappa shape index (κ3) is 5.19. The Hall–Kier alpha value is -0.480. The van der Waals surface area contributed by atoms with Crippen molar-refractivity contribution in [1.82, 2.24) is 5.32 Å². The molecule has 1 nitrogen and oxygen atoms in total. The van der Waals surface area contributed by atoms with Gasteiger partial charge in [-0.3, -0.25) is 0 Å². The van der Waals surface area contributed by atoms with Gasteiger partial charge in [-0.05, 0) is 60.3 Å². The zero-order valence-electron chi connectivity index (χ0n) is 11.6. The van der Waals surface area contributed by atoms with Gasteiger partial charge in [0.05, 0.1) is 4.47 Å². The van der Waals surface area contributed by atoms with Crippen molar-refractivity contribution in [2.45, 2.75) is 52.0 Å². The van der Waals surface area contributed by atoms with Gasteiger partial charge in [0.2, 0.25) is 0 Å². The van der Waals surface area contributed by atoms with Crippen LogP contribution < -0.4 is 5.32 Å². The van der Waals surface area contributed by atoms with Crippen molar-refractivity contribution in [3.8, 4) is 0 Å². The van der Waals surface area contributed by atoms with Crippen molar-refractivity contribution in [1.29, 1.82) is 0 Å². The molecule has 1 unspecified atom stereocenters. The maximum atomic E-state index is 13.8. The third-order valence-electron chi connectivity index (χ3n) is 3.25. The summed E-state index contributed by atoms with van der Waals surface area (Å²) in [5.41, 5.74) is 0.195. The average Bonchev–Trinajstić information content (AvgIpc) is 2.38. The molecule has 0 heterocycles. The predicted octanol–water partition coefficient (Wildman–Crippen LogP) is 4.83. The van der Waals surface area contributed by atoms with E-state index in [2.05, 4.69) is 35.1 Å². The van der Waals surface area contributed by atoms with Crippen LogP contribution in [-0.4, -0.2) is 12.6 Å². The van der Waals surface area contributed by atoms with Gasteiger partial charge in [0.25, 0.3) is 0 Å². The van der Waals surface area contributed by atoms with Gasteiger partial charge in [-0.15, -0.1) is 0 Å². The van der Waals surface area contributed by atoms with Crippen LogP contribution in [0.5, 0.6) is 0 Å². The smallest absolute Gasteiger partial charge is 0.143 e. The molecule has 19 heavy (non-hydrogen) atoms. The molecule has 0 fully saturated rings. The summed E-state index contributed by atoms with van der Waals surface area (Å²) in [5.74, 6) is -0.910.